The van der Waals surface area contributed by atoms with E-state index in [1.165, 1.54) is 56.6 Å². The van der Waals surface area contributed by atoms with Gasteiger partial charge in [-0.3, -0.25) is 0 Å². The van der Waals surface area contributed by atoms with Crippen molar-refractivity contribution >= 4 is 0 Å². The van der Waals surface area contributed by atoms with Gasteiger partial charge in [0.15, 0.2) is 11.6 Å². The Labute approximate surface area is 215 Å². The zero-order chi connectivity index (χ0) is 26.4. The number of ether oxygens (including phenoxy) is 1. The van der Waals surface area contributed by atoms with Gasteiger partial charge in [0.2, 0.25) is 5.82 Å². The molecule has 1 fully saturated rings. The van der Waals surface area contributed by atoms with Gasteiger partial charge in [-0.15, -0.1) is 0 Å². The van der Waals surface area contributed by atoms with E-state index in [0.29, 0.717) is 11.1 Å². The Morgan fingerprint density at radius 2 is 1.41 bits per heavy atom. The molecule has 0 bridgehead atoms. The van der Waals surface area contributed by atoms with Crippen LogP contribution in [0.15, 0.2) is 60.7 Å². The molecule has 37 heavy (non-hydrogen) atoms. The van der Waals surface area contributed by atoms with Crippen molar-refractivity contribution in [3.8, 4) is 22.6 Å². The summed E-state index contributed by atoms with van der Waals surface area (Å²) in [4.78, 5) is 0. The van der Waals surface area contributed by atoms with Gasteiger partial charge >= 0.3 is 6.18 Å². The predicted molar refractivity (Wildman–Crippen MR) is 137 cm³/mol. The lowest BCUT2D eigenvalue weighted by molar-refractivity contribution is -0.137. The minimum atomic E-state index is -4.50. The molecule has 0 N–H and O–H groups in total. The molecule has 198 valence electrons. The van der Waals surface area contributed by atoms with Gasteiger partial charge in [-0.25, -0.2) is 4.39 Å². The van der Waals surface area contributed by atoms with Crippen molar-refractivity contribution in [1.82, 2.24) is 0 Å². The van der Waals surface area contributed by atoms with Crippen LogP contribution in [0.25, 0.3) is 11.1 Å². The smallest absolute Gasteiger partial charge is 0.416 e. The Kier molecular flexibility index (Phi) is 8.88. The summed E-state index contributed by atoms with van der Waals surface area (Å²) < 4.78 is 72.8. The Morgan fingerprint density at radius 1 is 0.784 bits per heavy atom. The third kappa shape index (κ3) is 7.12. The minimum absolute atomic E-state index is 0.0141. The summed E-state index contributed by atoms with van der Waals surface area (Å²) in [5.74, 6) is -0.993. The quantitative estimate of drug-likeness (QED) is 0.257. The molecule has 1 aliphatic carbocycles. The van der Waals surface area contributed by atoms with Gasteiger partial charge in [0.25, 0.3) is 0 Å². The third-order valence-corrected chi connectivity index (χ3v) is 7.49. The van der Waals surface area contributed by atoms with Crippen LogP contribution in [0.4, 0.5) is 22.0 Å². The number of benzene rings is 3. The van der Waals surface area contributed by atoms with E-state index in [0.717, 1.165) is 55.0 Å². The SMILES string of the molecule is CCCCC1CCC(CCc2ccc(-c3ccc(F)c(F)c3Oc3ccc(C(F)(F)F)cc3)cc2)CC1. The minimum Gasteiger partial charge on any atom is -0.454 e. The molecule has 3 aromatic carbocycles. The van der Waals surface area contributed by atoms with Crippen LogP contribution in [0.2, 0.25) is 0 Å². The van der Waals surface area contributed by atoms with E-state index in [-0.39, 0.29) is 11.5 Å². The normalized spacial score (nSPS) is 18.1. The van der Waals surface area contributed by atoms with Crippen molar-refractivity contribution in [3.05, 3.63) is 83.4 Å². The number of alkyl halides is 3. The van der Waals surface area contributed by atoms with Crippen molar-refractivity contribution in [3.63, 3.8) is 0 Å². The zero-order valence-corrected chi connectivity index (χ0v) is 21.1. The van der Waals surface area contributed by atoms with E-state index < -0.39 is 23.4 Å². The molecule has 0 aromatic heterocycles. The highest BCUT2D eigenvalue weighted by molar-refractivity contribution is 5.71. The van der Waals surface area contributed by atoms with E-state index in [1.54, 1.807) is 0 Å². The lowest BCUT2D eigenvalue weighted by Crippen LogP contribution is -2.15. The molecule has 0 spiro atoms. The average molecular weight is 517 g/mol. The first-order valence-electron chi connectivity index (χ1n) is 13.2. The summed E-state index contributed by atoms with van der Waals surface area (Å²) in [5.41, 5.74) is 1.31. The van der Waals surface area contributed by atoms with E-state index in [1.807, 2.05) is 24.3 Å². The van der Waals surface area contributed by atoms with Gasteiger partial charge in [-0.2, -0.15) is 17.6 Å². The maximum Gasteiger partial charge on any atom is 0.416 e. The van der Waals surface area contributed by atoms with Crippen molar-refractivity contribution in [2.75, 3.05) is 0 Å². The summed E-state index contributed by atoms with van der Waals surface area (Å²) in [5, 5.41) is 0. The number of aryl methyl sites for hydroxylation is 1. The fourth-order valence-electron chi connectivity index (χ4n) is 5.21. The van der Waals surface area contributed by atoms with E-state index in [9.17, 15) is 22.0 Å². The van der Waals surface area contributed by atoms with Crippen LogP contribution in [0.5, 0.6) is 11.5 Å². The predicted octanol–water partition coefficient (Wildman–Crippen LogP) is 10.4. The summed E-state index contributed by atoms with van der Waals surface area (Å²) in [7, 11) is 0. The van der Waals surface area contributed by atoms with Crippen LogP contribution in [-0.4, -0.2) is 0 Å². The Hall–Kier alpha value is -2.89. The Morgan fingerprint density at radius 3 is 2.00 bits per heavy atom. The molecule has 4 rings (SSSR count). The molecular formula is C31H33F5O. The molecule has 0 amide bonds. The third-order valence-electron chi connectivity index (χ3n) is 7.49. The fraction of sp³-hybridized carbons (Fsp3) is 0.419. The maximum atomic E-state index is 14.7. The monoisotopic (exact) mass is 516 g/mol. The molecule has 0 aliphatic heterocycles. The zero-order valence-electron chi connectivity index (χ0n) is 21.1. The highest BCUT2D eigenvalue weighted by atomic mass is 19.4. The number of hydrogen-bond donors (Lipinski definition) is 0. The second-order valence-electron chi connectivity index (χ2n) is 10.1. The topological polar surface area (TPSA) is 9.23 Å². The lowest BCUT2D eigenvalue weighted by atomic mass is 9.78. The number of rotatable bonds is 9. The van der Waals surface area contributed by atoms with E-state index in [4.69, 9.17) is 4.74 Å². The largest absolute Gasteiger partial charge is 0.454 e. The molecule has 6 heteroatoms. The van der Waals surface area contributed by atoms with Gasteiger partial charge in [0.1, 0.15) is 5.75 Å². The first-order valence-corrected chi connectivity index (χ1v) is 13.2. The van der Waals surface area contributed by atoms with Crippen molar-refractivity contribution in [2.24, 2.45) is 11.8 Å². The maximum absolute atomic E-state index is 14.7. The lowest BCUT2D eigenvalue weighted by Gasteiger charge is -2.28. The molecule has 1 nitrogen and oxygen atoms in total. The number of hydrogen-bond acceptors (Lipinski definition) is 1. The standard InChI is InChI=1S/C31H33F5O/c1-2-3-4-21-5-7-22(8-6-21)9-10-23-11-13-24(14-12-23)27-19-20-28(32)29(33)30(27)37-26-17-15-25(16-18-26)31(34,35)36/h11-22H,2-10H2,1H3. The Balaban J connectivity index is 1.42. The van der Waals surface area contributed by atoms with Crippen molar-refractivity contribution < 1.29 is 26.7 Å². The van der Waals surface area contributed by atoms with E-state index in [2.05, 4.69) is 6.92 Å². The first-order chi connectivity index (χ1) is 17.7. The second-order valence-corrected chi connectivity index (χ2v) is 10.1. The van der Waals surface area contributed by atoms with Gasteiger partial charge in [-0.05, 0) is 72.2 Å². The van der Waals surface area contributed by atoms with Crippen molar-refractivity contribution in [1.29, 1.82) is 0 Å². The molecule has 1 saturated carbocycles. The average Bonchev–Trinajstić information content (AvgIpc) is 2.90. The van der Waals surface area contributed by atoms with Crippen LogP contribution in [-0.2, 0) is 12.6 Å². The van der Waals surface area contributed by atoms with Crippen LogP contribution >= 0.6 is 0 Å². The second kappa shape index (κ2) is 12.1. The number of unbranched alkanes of at least 4 members (excludes halogenated alkanes) is 1. The van der Waals surface area contributed by atoms with E-state index >= 15 is 0 Å². The van der Waals surface area contributed by atoms with Crippen LogP contribution in [0.3, 0.4) is 0 Å². The molecule has 1 aliphatic rings. The van der Waals surface area contributed by atoms with Crippen molar-refractivity contribution in [2.45, 2.75) is 70.9 Å². The first kappa shape index (κ1) is 27.2. The summed E-state index contributed by atoms with van der Waals surface area (Å²) in [6.45, 7) is 2.25. The molecule has 0 heterocycles. The van der Waals surface area contributed by atoms with Crippen LogP contribution in [0.1, 0.15) is 69.4 Å². The summed E-state index contributed by atoms with van der Waals surface area (Å²) >= 11 is 0. The summed E-state index contributed by atoms with van der Waals surface area (Å²) in [6.07, 6.45) is 6.84. The molecular weight excluding hydrogens is 483 g/mol. The van der Waals surface area contributed by atoms with Crippen LogP contribution in [0, 0.1) is 23.5 Å². The highest BCUT2D eigenvalue weighted by Crippen LogP contribution is 2.39. The summed E-state index contributed by atoms with van der Waals surface area (Å²) in [6, 6.07) is 14.0. The van der Waals surface area contributed by atoms with Crippen LogP contribution < -0.4 is 4.74 Å². The highest BCUT2D eigenvalue weighted by Gasteiger charge is 2.30. The molecule has 0 saturated heterocycles. The van der Waals surface area contributed by atoms with Gasteiger partial charge < -0.3 is 4.74 Å². The molecule has 0 atom stereocenters. The molecule has 3 aromatic rings. The van der Waals surface area contributed by atoms with Gasteiger partial charge in [-0.1, -0.05) is 76.1 Å². The molecule has 0 radical (unpaired) electrons. The Bertz CT molecular complexity index is 1140. The number of halogens is 5. The van der Waals surface area contributed by atoms with Gasteiger partial charge in [0, 0.05) is 5.56 Å². The molecule has 0 unspecified atom stereocenters. The van der Waals surface area contributed by atoms with Gasteiger partial charge in [0.05, 0.1) is 5.56 Å². The fourth-order valence-corrected chi connectivity index (χ4v) is 5.21.